The minimum Gasteiger partial charge on any atom is -0.251 e. The molecule has 0 N–H and O–H groups in total. The Balaban J connectivity index is 1.25. The van der Waals surface area contributed by atoms with Crippen LogP contribution in [0.2, 0.25) is 0 Å². The van der Waals surface area contributed by atoms with Gasteiger partial charge in [-0.05, 0) is 35.4 Å². The van der Waals surface area contributed by atoms with E-state index in [4.69, 9.17) is 15.1 Å². The molecule has 0 aliphatic carbocycles. The molecular weight excluding hydrogens is 534 g/mol. The minimum absolute atomic E-state index is 0.200. The summed E-state index contributed by atoms with van der Waals surface area (Å²) in [6.45, 7) is 4.95. The van der Waals surface area contributed by atoms with Crippen LogP contribution in [0.1, 0.15) is 36.2 Å². The van der Waals surface area contributed by atoms with Gasteiger partial charge in [-0.2, -0.15) is 10.4 Å². The van der Waals surface area contributed by atoms with Crippen LogP contribution in [-0.2, 0) is 12.0 Å². The second-order valence-electron chi connectivity index (χ2n) is 10.9. The molecule has 4 aromatic carbocycles. The summed E-state index contributed by atoms with van der Waals surface area (Å²) >= 11 is 1.68. The maximum Gasteiger partial charge on any atom is 0.181 e. The van der Waals surface area contributed by atoms with Crippen LogP contribution in [0.15, 0.2) is 125 Å². The van der Waals surface area contributed by atoms with Crippen LogP contribution in [0.3, 0.4) is 0 Å². The molecule has 0 fully saturated rings. The molecule has 0 unspecified atom stereocenters. The highest BCUT2D eigenvalue weighted by atomic mass is 32.2. The number of rotatable bonds is 5. The molecule has 7 rings (SSSR count). The van der Waals surface area contributed by atoms with E-state index in [-0.39, 0.29) is 5.41 Å². The highest BCUT2D eigenvalue weighted by Crippen LogP contribution is 2.50. The van der Waals surface area contributed by atoms with Crippen molar-refractivity contribution in [2.45, 2.75) is 35.6 Å². The van der Waals surface area contributed by atoms with Gasteiger partial charge < -0.3 is 0 Å². The van der Waals surface area contributed by atoms with Crippen LogP contribution in [0.4, 0.5) is 0 Å². The van der Waals surface area contributed by atoms with Crippen molar-refractivity contribution in [3.63, 3.8) is 0 Å². The molecule has 0 atom stereocenters. The van der Waals surface area contributed by atoms with Gasteiger partial charge in [0.05, 0.1) is 23.5 Å². The lowest BCUT2D eigenvalue weighted by molar-refractivity contribution is 0.607. The molecule has 202 valence electrons. The Morgan fingerprint density at radius 2 is 1.48 bits per heavy atom. The number of nitriles is 1. The molecule has 42 heavy (non-hydrogen) atoms. The van der Waals surface area contributed by atoms with Gasteiger partial charge in [0.15, 0.2) is 11.6 Å². The first kappa shape index (κ1) is 25.9. The lowest BCUT2D eigenvalue weighted by Gasteiger charge is -2.35. The summed E-state index contributed by atoms with van der Waals surface area (Å²) in [5, 5.41) is 14.7. The molecular formula is C36H27N5S. The molecule has 0 bridgehead atoms. The summed E-state index contributed by atoms with van der Waals surface area (Å²) in [4.78, 5) is 12.2. The number of nitrogens with zero attached hydrogens (tertiary/aromatic N) is 5. The van der Waals surface area contributed by atoms with E-state index in [0.717, 1.165) is 49.3 Å². The van der Waals surface area contributed by atoms with Gasteiger partial charge in [-0.25, -0.2) is 9.67 Å². The molecule has 2 aromatic heterocycles. The highest BCUT2D eigenvalue weighted by molar-refractivity contribution is 7.99. The number of hydrogen-bond acceptors (Lipinski definition) is 5. The van der Waals surface area contributed by atoms with E-state index in [9.17, 15) is 5.26 Å². The number of aromatic nitrogens is 4. The third-order valence-electron chi connectivity index (χ3n) is 7.83. The summed E-state index contributed by atoms with van der Waals surface area (Å²) in [7, 11) is 0. The van der Waals surface area contributed by atoms with Gasteiger partial charge in [0.25, 0.3) is 0 Å². The smallest absolute Gasteiger partial charge is 0.181 e. The Bertz CT molecular complexity index is 1970. The lowest BCUT2D eigenvalue weighted by atomic mass is 9.77. The van der Waals surface area contributed by atoms with E-state index in [1.807, 2.05) is 77.5 Å². The van der Waals surface area contributed by atoms with Crippen molar-refractivity contribution in [1.82, 2.24) is 19.7 Å². The van der Waals surface area contributed by atoms with Gasteiger partial charge in [-0.1, -0.05) is 117 Å². The zero-order valence-corrected chi connectivity index (χ0v) is 24.1. The van der Waals surface area contributed by atoms with Crippen LogP contribution < -0.4 is 0 Å². The van der Waals surface area contributed by atoms with Crippen molar-refractivity contribution < 1.29 is 0 Å². The highest BCUT2D eigenvalue weighted by Gasteiger charge is 2.34. The van der Waals surface area contributed by atoms with Gasteiger partial charge >= 0.3 is 0 Å². The summed E-state index contributed by atoms with van der Waals surface area (Å²) in [6, 6.07) is 41.3. The Labute approximate surface area is 249 Å². The Morgan fingerprint density at radius 3 is 2.24 bits per heavy atom. The maximum atomic E-state index is 9.77. The summed E-state index contributed by atoms with van der Waals surface area (Å²) in [5.41, 5.74) is 7.81. The molecule has 6 heteroatoms. The molecule has 0 saturated heterocycles. The first-order chi connectivity index (χ1) is 20.5. The average Bonchev–Trinajstić information content (AvgIpc) is 3.45. The Hall–Kier alpha value is -4.99. The molecule has 1 aliphatic heterocycles. The summed E-state index contributed by atoms with van der Waals surface area (Å²) < 4.78 is 1.94. The zero-order valence-electron chi connectivity index (χ0n) is 23.3. The minimum atomic E-state index is -0.200. The molecule has 6 aromatic rings. The van der Waals surface area contributed by atoms with Crippen molar-refractivity contribution in [3.8, 4) is 40.1 Å². The van der Waals surface area contributed by atoms with Crippen molar-refractivity contribution in [3.05, 3.63) is 138 Å². The Kier molecular flexibility index (Phi) is 6.45. The third kappa shape index (κ3) is 4.58. The molecule has 0 spiro atoms. The normalized spacial score (nSPS) is 13.2. The quantitative estimate of drug-likeness (QED) is 0.211. The van der Waals surface area contributed by atoms with Gasteiger partial charge in [-0.15, -0.1) is 0 Å². The number of pyridine rings is 1. The lowest BCUT2D eigenvalue weighted by Crippen LogP contribution is -2.24. The predicted octanol–water partition coefficient (Wildman–Crippen LogP) is 8.38. The van der Waals surface area contributed by atoms with Gasteiger partial charge in [0, 0.05) is 31.9 Å². The van der Waals surface area contributed by atoms with Crippen molar-refractivity contribution in [2.24, 2.45) is 0 Å². The zero-order chi connectivity index (χ0) is 28.7. The second-order valence-corrected chi connectivity index (χ2v) is 11.9. The van der Waals surface area contributed by atoms with Crippen molar-refractivity contribution in [1.29, 1.82) is 5.26 Å². The number of benzene rings is 4. The second kappa shape index (κ2) is 10.4. The molecule has 5 nitrogen and oxygen atoms in total. The molecule has 0 saturated carbocycles. The average molecular weight is 562 g/mol. The first-order valence-electron chi connectivity index (χ1n) is 13.9. The van der Waals surface area contributed by atoms with E-state index in [1.54, 1.807) is 11.8 Å². The van der Waals surface area contributed by atoms with E-state index >= 15 is 0 Å². The largest absolute Gasteiger partial charge is 0.251 e. The van der Waals surface area contributed by atoms with Crippen LogP contribution in [0.25, 0.3) is 34.0 Å². The van der Waals surface area contributed by atoms with Crippen LogP contribution in [0.5, 0.6) is 0 Å². The number of fused-ring (bicyclic) bond motifs is 2. The van der Waals surface area contributed by atoms with Gasteiger partial charge in [0.1, 0.15) is 6.07 Å². The molecule has 1 aliphatic rings. The van der Waals surface area contributed by atoms with E-state index in [2.05, 4.69) is 62.4 Å². The number of hydrogen-bond donors (Lipinski definition) is 0. The summed E-state index contributed by atoms with van der Waals surface area (Å²) in [5.74, 6) is 1.50. The molecule has 3 heterocycles. The summed E-state index contributed by atoms with van der Waals surface area (Å²) in [6.07, 6.45) is 0. The standard InChI is InChI=1S/C36H27N5S/c1-36(2)29-20-19-26(21-32(29)42-33-27(22-37)15-9-17-30(33)36)31-18-10-16-28(38-31)23-41-35(25-13-7-4-8-14-25)39-34(40-41)24-11-5-3-6-12-24/h3-21H,23H2,1-2H3. The topological polar surface area (TPSA) is 67.4 Å². The fourth-order valence-corrected chi connectivity index (χ4v) is 7.10. The molecule has 0 amide bonds. The fourth-order valence-electron chi connectivity index (χ4n) is 5.61. The van der Waals surface area contributed by atoms with Gasteiger partial charge in [-0.3, -0.25) is 4.98 Å². The van der Waals surface area contributed by atoms with Gasteiger partial charge in [0.2, 0.25) is 0 Å². The monoisotopic (exact) mass is 561 g/mol. The fraction of sp³-hybridized carbons (Fsp3) is 0.111. The first-order valence-corrected chi connectivity index (χ1v) is 14.7. The SMILES string of the molecule is CC1(C)c2ccc(-c3cccc(Cn4nc(-c5ccccc5)nc4-c4ccccc4)n3)cc2Sc2c(C#N)cccc21. The third-order valence-corrected chi connectivity index (χ3v) is 9.03. The van der Waals surface area contributed by atoms with E-state index in [0.29, 0.717) is 12.4 Å². The van der Waals surface area contributed by atoms with E-state index in [1.165, 1.54) is 11.1 Å². The molecule has 0 radical (unpaired) electrons. The van der Waals surface area contributed by atoms with Crippen LogP contribution in [-0.4, -0.2) is 19.7 Å². The Morgan fingerprint density at radius 1 is 0.738 bits per heavy atom. The van der Waals surface area contributed by atoms with Crippen molar-refractivity contribution in [2.75, 3.05) is 0 Å². The van der Waals surface area contributed by atoms with E-state index < -0.39 is 0 Å². The van der Waals surface area contributed by atoms with Crippen molar-refractivity contribution >= 4 is 11.8 Å². The maximum absolute atomic E-state index is 9.77. The van der Waals surface area contributed by atoms with Crippen LogP contribution in [0, 0.1) is 11.3 Å². The predicted molar refractivity (Wildman–Crippen MR) is 167 cm³/mol. The van der Waals surface area contributed by atoms with Crippen LogP contribution >= 0.6 is 11.8 Å².